The molecule has 0 radical (unpaired) electrons. The topological polar surface area (TPSA) is 57.7 Å². The van der Waals surface area contributed by atoms with Crippen LogP contribution < -0.4 is 9.47 Å². The number of hydrogen-bond acceptors (Lipinski definition) is 5. The molecule has 5 nitrogen and oxygen atoms in total. The first-order valence-electron chi connectivity index (χ1n) is 9.64. The van der Waals surface area contributed by atoms with Gasteiger partial charge in [-0.15, -0.1) is 0 Å². The van der Waals surface area contributed by atoms with Crippen LogP contribution in [0.4, 0.5) is 8.78 Å². The summed E-state index contributed by atoms with van der Waals surface area (Å²) in [5.74, 6) is -1.31. The molecule has 28 heavy (non-hydrogen) atoms. The zero-order valence-electron chi connectivity index (χ0n) is 16.1. The highest BCUT2D eigenvalue weighted by molar-refractivity contribution is 6.33. The third kappa shape index (κ3) is 5.77. The first kappa shape index (κ1) is 21.2. The smallest absolute Gasteiger partial charge is 0.255 e. The van der Waals surface area contributed by atoms with E-state index in [1.807, 2.05) is 6.92 Å². The second-order valence-electron chi connectivity index (χ2n) is 8.05. The van der Waals surface area contributed by atoms with Gasteiger partial charge in [0.15, 0.2) is 0 Å². The number of aromatic nitrogens is 1. The number of nitrogens with zero attached hydrogens (tertiary/aromatic N) is 1. The summed E-state index contributed by atoms with van der Waals surface area (Å²) >= 11 is 6.25. The van der Waals surface area contributed by atoms with Crippen LogP contribution in [-0.4, -0.2) is 42.1 Å². The Kier molecular flexibility index (Phi) is 6.76. The molecule has 1 heterocycles. The van der Waals surface area contributed by atoms with Crippen molar-refractivity contribution >= 4 is 17.4 Å². The molecule has 0 spiro atoms. The number of alkyl halides is 2. The van der Waals surface area contributed by atoms with Crippen LogP contribution in [0.2, 0.25) is 5.02 Å². The fourth-order valence-corrected chi connectivity index (χ4v) is 3.67. The average molecular weight is 418 g/mol. The first-order valence-corrected chi connectivity index (χ1v) is 10.0. The molecule has 1 aromatic heterocycles. The molecule has 156 valence electrons. The Hall–Kier alpha value is -1.47. The van der Waals surface area contributed by atoms with Crippen molar-refractivity contribution in [2.24, 2.45) is 11.8 Å². The van der Waals surface area contributed by atoms with E-state index in [4.69, 9.17) is 25.8 Å². The Bertz CT molecular complexity index is 689. The van der Waals surface area contributed by atoms with Crippen molar-refractivity contribution < 1.29 is 27.8 Å². The van der Waals surface area contributed by atoms with Gasteiger partial charge in [-0.25, -0.2) is 13.8 Å². The molecule has 0 N–H and O–H groups in total. The maximum atomic E-state index is 12.9. The second kappa shape index (κ2) is 8.91. The quantitative estimate of drug-likeness (QED) is 0.552. The number of ether oxygens (including phenoxy) is 3. The fraction of sp³-hybridized carbons (Fsp3) is 0.700. The van der Waals surface area contributed by atoms with Crippen LogP contribution in [-0.2, 0) is 9.53 Å². The van der Waals surface area contributed by atoms with Gasteiger partial charge in [0.1, 0.15) is 22.7 Å². The summed E-state index contributed by atoms with van der Waals surface area (Å²) in [6, 6.07) is 1.56. The Morgan fingerprint density at radius 2 is 2.07 bits per heavy atom. The van der Waals surface area contributed by atoms with E-state index >= 15 is 0 Å². The van der Waals surface area contributed by atoms with E-state index in [-0.39, 0.29) is 41.5 Å². The molecular formula is C20H26ClF2NO4. The number of ketones is 1. The number of Topliss-reactive ketones (excluding diaryl/α,β-unsaturated/α-hetero) is 1. The normalized spacial score (nSPS) is 24.8. The van der Waals surface area contributed by atoms with Crippen molar-refractivity contribution in [1.82, 2.24) is 4.98 Å². The molecule has 2 aliphatic rings. The van der Waals surface area contributed by atoms with Crippen LogP contribution in [0, 0.1) is 11.8 Å². The number of carbonyl (C=O) groups is 1. The highest BCUT2D eigenvalue weighted by Gasteiger charge is 2.47. The van der Waals surface area contributed by atoms with Gasteiger partial charge < -0.3 is 19.0 Å². The molecule has 2 aliphatic carbocycles. The van der Waals surface area contributed by atoms with Gasteiger partial charge in [0, 0.05) is 38.1 Å². The molecule has 0 aromatic carbocycles. The van der Waals surface area contributed by atoms with E-state index in [9.17, 15) is 13.6 Å². The molecule has 1 aromatic rings. The predicted molar refractivity (Wildman–Crippen MR) is 100 cm³/mol. The third-order valence-electron chi connectivity index (χ3n) is 5.07. The maximum absolute atomic E-state index is 12.9. The van der Waals surface area contributed by atoms with Gasteiger partial charge >= 0.3 is 0 Å². The lowest BCUT2D eigenvalue weighted by Crippen LogP contribution is -2.43. The first-order chi connectivity index (χ1) is 13.2. The summed E-state index contributed by atoms with van der Waals surface area (Å²) in [6.07, 6.45) is 2.89. The Morgan fingerprint density at radius 3 is 2.71 bits per heavy atom. The Balaban J connectivity index is 1.38. The molecule has 3 rings (SSSR count). The molecule has 0 aliphatic heterocycles. The van der Waals surface area contributed by atoms with Crippen molar-refractivity contribution in [3.63, 3.8) is 0 Å². The average Bonchev–Trinajstić information content (AvgIpc) is 2.53. The Morgan fingerprint density at radius 1 is 1.36 bits per heavy atom. The zero-order chi connectivity index (χ0) is 20.3. The van der Waals surface area contributed by atoms with Crippen LogP contribution in [0.5, 0.6) is 11.6 Å². The molecule has 0 bridgehead atoms. The van der Waals surface area contributed by atoms with Crippen LogP contribution >= 0.6 is 11.6 Å². The number of pyridine rings is 1. The SMILES string of the molecule is CC(=O)C[C@@H](C)COC1CC(COc2nccc(OC3CC(F)(F)C3)c2Cl)C1. The maximum Gasteiger partial charge on any atom is 0.255 e. The molecule has 1 atom stereocenters. The number of halogens is 3. The lowest BCUT2D eigenvalue weighted by Gasteiger charge is -2.36. The molecule has 2 saturated carbocycles. The van der Waals surface area contributed by atoms with Crippen molar-refractivity contribution in [2.45, 2.75) is 64.1 Å². The highest BCUT2D eigenvalue weighted by Crippen LogP contribution is 2.42. The monoisotopic (exact) mass is 417 g/mol. The number of hydrogen-bond donors (Lipinski definition) is 0. The van der Waals surface area contributed by atoms with Gasteiger partial charge in [0.2, 0.25) is 5.88 Å². The standard InChI is InChI=1S/C20H26ClF2NO4/c1-12(5-13(2)25)10-26-15-6-14(7-15)11-27-19-18(21)17(3-4-24-19)28-16-8-20(22,23)9-16/h3-4,12,14-16H,5-11H2,1-2H3/t12-,14?,15?/m1/s1. The lowest BCUT2D eigenvalue weighted by atomic mass is 9.83. The van der Waals surface area contributed by atoms with Crippen molar-refractivity contribution in [3.05, 3.63) is 17.3 Å². The van der Waals surface area contributed by atoms with Crippen LogP contribution in [0.1, 0.15) is 46.0 Å². The van der Waals surface area contributed by atoms with E-state index < -0.39 is 12.0 Å². The van der Waals surface area contributed by atoms with Crippen molar-refractivity contribution in [2.75, 3.05) is 13.2 Å². The predicted octanol–water partition coefficient (Wildman–Crippen LogP) is 4.70. The number of rotatable bonds is 10. The van der Waals surface area contributed by atoms with E-state index in [1.165, 1.54) is 6.20 Å². The van der Waals surface area contributed by atoms with E-state index in [0.717, 1.165) is 12.8 Å². The van der Waals surface area contributed by atoms with Crippen LogP contribution in [0.25, 0.3) is 0 Å². The van der Waals surface area contributed by atoms with Gasteiger partial charge in [-0.2, -0.15) is 0 Å². The minimum Gasteiger partial charge on any atom is -0.488 e. The minimum absolute atomic E-state index is 0.178. The van der Waals surface area contributed by atoms with Crippen LogP contribution in [0.3, 0.4) is 0 Å². The molecule has 0 unspecified atom stereocenters. The van der Waals surface area contributed by atoms with E-state index in [2.05, 4.69) is 4.98 Å². The molecule has 8 heteroatoms. The van der Waals surface area contributed by atoms with Gasteiger partial charge in [0.25, 0.3) is 5.92 Å². The zero-order valence-corrected chi connectivity index (χ0v) is 16.9. The van der Waals surface area contributed by atoms with Gasteiger partial charge in [-0.05, 0) is 31.6 Å². The summed E-state index contributed by atoms with van der Waals surface area (Å²) in [6.45, 7) is 4.65. The van der Waals surface area contributed by atoms with Crippen molar-refractivity contribution in [1.29, 1.82) is 0 Å². The van der Waals surface area contributed by atoms with E-state index in [1.54, 1.807) is 13.0 Å². The molecule has 2 fully saturated rings. The summed E-state index contributed by atoms with van der Waals surface area (Å²) < 4.78 is 42.9. The van der Waals surface area contributed by atoms with E-state index in [0.29, 0.717) is 31.3 Å². The largest absolute Gasteiger partial charge is 0.488 e. The Labute approximate surface area is 168 Å². The van der Waals surface area contributed by atoms with Crippen LogP contribution in [0.15, 0.2) is 12.3 Å². The fourth-order valence-electron chi connectivity index (χ4n) is 3.46. The highest BCUT2D eigenvalue weighted by atomic mass is 35.5. The van der Waals surface area contributed by atoms with Crippen molar-refractivity contribution in [3.8, 4) is 11.6 Å². The molecular weight excluding hydrogens is 392 g/mol. The number of carbonyl (C=O) groups excluding carboxylic acids is 1. The summed E-state index contributed by atoms with van der Waals surface area (Å²) in [5.41, 5.74) is 0. The second-order valence-corrected chi connectivity index (χ2v) is 8.43. The van der Waals surface area contributed by atoms with Gasteiger partial charge in [0.05, 0.1) is 12.7 Å². The molecule has 0 amide bonds. The summed E-state index contributed by atoms with van der Waals surface area (Å²) in [7, 11) is 0. The minimum atomic E-state index is -2.64. The third-order valence-corrected chi connectivity index (χ3v) is 5.42. The summed E-state index contributed by atoms with van der Waals surface area (Å²) in [5, 5.41) is 0.211. The molecule has 0 saturated heterocycles. The van der Waals surface area contributed by atoms with Gasteiger partial charge in [-0.3, -0.25) is 0 Å². The lowest BCUT2D eigenvalue weighted by molar-refractivity contribution is -0.134. The summed E-state index contributed by atoms with van der Waals surface area (Å²) in [4.78, 5) is 15.2. The van der Waals surface area contributed by atoms with Gasteiger partial charge in [-0.1, -0.05) is 18.5 Å².